The van der Waals surface area contributed by atoms with Gasteiger partial charge in [0.2, 0.25) is 10.0 Å². The summed E-state index contributed by atoms with van der Waals surface area (Å²) in [6, 6.07) is 2.78. The number of hydrogen-bond acceptors (Lipinski definition) is 3. The third-order valence-corrected chi connectivity index (χ3v) is 4.96. The van der Waals surface area contributed by atoms with Crippen LogP contribution in [-0.4, -0.2) is 37.4 Å². The molecule has 1 aromatic carbocycles. The minimum atomic E-state index is -3.81. The van der Waals surface area contributed by atoms with E-state index in [2.05, 4.69) is 0 Å². The number of rotatable bonds is 6. The summed E-state index contributed by atoms with van der Waals surface area (Å²) in [6.07, 6.45) is 0.823. The molecule has 0 heterocycles. The highest BCUT2D eigenvalue weighted by molar-refractivity contribution is 7.89. The van der Waals surface area contributed by atoms with Crippen LogP contribution in [0.2, 0.25) is 0 Å². The molecule has 0 saturated heterocycles. The fourth-order valence-corrected chi connectivity index (χ4v) is 2.99. The molecule has 1 rings (SSSR count). The number of halogens is 1. The highest BCUT2D eigenvalue weighted by Crippen LogP contribution is 2.19. The Morgan fingerprint density at radius 1 is 1.45 bits per heavy atom. The molecule has 0 amide bonds. The molecule has 1 N–H and O–H groups in total. The van der Waals surface area contributed by atoms with Crippen molar-refractivity contribution in [2.75, 3.05) is 13.6 Å². The fourth-order valence-electron chi connectivity index (χ4n) is 1.67. The summed E-state index contributed by atoms with van der Waals surface area (Å²) in [6.45, 7) is 4.18. The van der Waals surface area contributed by atoms with Crippen molar-refractivity contribution in [1.82, 2.24) is 4.31 Å². The van der Waals surface area contributed by atoms with E-state index in [0.29, 0.717) is 6.54 Å². The molecule has 0 saturated carbocycles. The molecule has 1 aromatic rings. The molecule has 0 bridgehead atoms. The minimum absolute atomic E-state index is 0.175. The lowest BCUT2D eigenvalue weighted by atomic mass is 10.1. The number of carbonyl (C=O) groups is 1. The van der Waals surface area contributed by atoms with Crippen molar-refractivity contribution in [2.45, 2.75) is 25.2 Å². The van der Waals surface area contributed by atoms with Crippen LogP contribution >= 0.6 is 0 Å². The summed E-state index contributed by atoms with van der Waals surface area (Å²) in [4.78, 5) is 10.6. The van der Waals surface area contributed by atoms with Crippen molar-refractivity contribution in [3.8, 4) is 0 Å². The lowest BCUT2D eigenvalue weighted by Gasteiger charge is -2.20. The molecule has 7 heteroatoms. The summed E-state index contributed by atoms with van der Waals surface area (Å²) in [7, 11) is -2.39. The number of carboxylic acid groups (broad SMARTS) is 1. The van der Waals surface area contributed by atoms with E-state index in [0.717, 1.165) is 28.9 Å². The first kappa shape index (κ1) is 16.6. The van der Waals surface area contributed by atoms with E-state index in [4.69, 9.17) is 5.11 Å². The highest BCUT2D eigenvalue weighted by atomic mass is 32.2. The van der Waals surface area contributed by atoms with Crippen molar-refractivity contribution >= 4 is 16.0 Å². The number of carboxylic acids is 1. The molecule has 0 aliphatic rings. The second-order valence-corrected chi connectivity index (χ2v) is 6.79. The summed E-state index contributed by atoms with van der Waals surface area (Å²) >= 11 is 0. The van der Waals surface area contributed by atoms with E-state index in [1.54, 1.807) is 0 Å². The Hall–Kier alpha value is -1.47. The number of nitrogens with zero attached hydrogens (tertiary/aromatic N) is 1. The second kappa shape index (κ2) is 6.32. The smallest absolute Gasteiger partial charge is 0.338 e. The maximum absolute atomic E-state index is 13.3. The molecule has 20 heavy (non-hydrogen) atoms. The molecule has 0 radical (unpaired) electrons. The van der Waals surface area contributed by atoms with Gasteiger partial charge in [-0.1, -0.05) is 20.3 Å². The molecule has 0 spiro atoms. The maximum Gasteiger partial charge on any atom is 0.338 e. The molecule has 1 atom stereocenters. The lowest BCUT2D eigenvalue weighted by Crippen LogP contribution is -2.31. The monoisotopic (exact) mass is 303 g/mol. The number of hydrogen-bond donors (Lipinski definition) is 1. The molecular weight excluding hydrogens is 285 g/mol. The van der Waals surface area contributed by atoms with Gasteiger partial charge in [-0.15, -0.1) is 0 Å². The summed E-state index contributed by atoms with van der Waals surface area (Å²) < 4.78 is 39.0. The molecule has 5 nitrogen and oxygen atoms in total. The first-order valence-corrected chi connectivity index (χ1v) is 7.63. The molecule has 0 aromatic heterocycles. The number of sulfonamides is 1. The van der Waals surface area contributed by atoms with Gasteiger partial charge in [0.05, 0.1) is 10.5 Å². The Bertz CT molecular complexity index is 600. The second-order valence-electron chi connectivity index (χ2n) is 4.75. The third kappa shape index (κ3) is 3.55. The van der Waals surface area contributed by atoms with Crippen LogP contribution in [-0.2, 0) is 10.0 Å². The Labute approximate surface area is 118 Å². The van der Waals surface area contributed by atoms with Crippen LogP contribution in [0.15, 0.2) is 23.1 Å². The van der Waals surface area contributed by atoms with Crippen LogP contribution in [0.3, 0.4) is 0 Å². The molecule has 0 aliphatic heterocycles. The Balaban J connectivity index is 3.16. The van der Waals surface area contributed by atoms with Crippen molar-refractivity contribution in [3.05, 3.63) is 29.6 Å². The van der Waals surface area contributed by atoms with E-state index in [-0.39, 0.29) is 10.8 Å². The first-order valence-electron chi connectivity index (χ1n) is 6.19. The van der Waals surface area contributed by atoms with Gasteiger partial charge in [-0.25, -0.2) is 21.9 Å². The quantitative estimate of drug-likeness (QED) is 0.874. The zero-order valence-electron chi connectivity index (χ0n) is 11.6. The summed E-state index contributed by atoms with van der Waals surface area (Å²) in [5, 5.41) is 8.83. The van der Waals surface area contributed by atoms with Gasteiger partial charge < -0.3 is 5.11 Å². The standard InChI is InChI=1S/C13H18FNO4S/c1-4-9(2)8-15(3)20(18,19)10-5-6-12(14)11(7-10)13(16)17/h5-7,9H,4,8H2,1-3H3,(H,16,17). The van der Waals surface area contributed by atoms with E-state index in [1.807, 2.05) is 13.8 Å². The van der Waals surface area contributed by atoms with Gasteiger partial charge in [0.25, 0.3) is 0 Å². The zero-order valence-corrected chi connectivity index (χ0v) is 12.4. The van der Waals surface area contributed by atoms with Crippen LogP contribution in [0, 0.1) is 11.7 Å². The van der Waals surface area contributed by atoms with Gasteiger partial charge >= 0.3 is 5.97 Å². The van der Waals surface area contributed by atoms with E-state index in [9.17, 15) is 17.6 Å². The van der Waals surface area contributed by atoms with Crippen molar-refractivity contribution < 1.29 is 22.7 Å². The molecule has 0 aliphatic carbocycles. The van der Waals surface area contributed by atoms with Crippen LogP contribution in [0.1, 0.15) is 30.6 Å². The van der Waals surface area contributed by atoms with Crippen LogP contribution in [0.5, 0.6) is 0 Å². The van der Waals surface area contributed by atoms with Crippen molar-refractivity contribution in [3.63, 3.8) is 0 Å². The minimum Gasteiger partial charge on any atom is -0.478 e. The van der Waals surface area contributed by atoms with E-state index < -0.39 is 27.4 Å². The summed E-state index contributed by atoms with van der Waals surface area (Å²) in [5.41, 5.74) is -0.650. The van der Waals surface area contributed by atoms with Crippen molar-refractivity contribution in [1.29, 1.82) is 0 Å². The van der Waals surface area contributed by atoms with Gasteiger partial charge in [-0.05, 0) is 24.1 Å². The van der Waals surface area contributed by atoms with Gasteiger partial charge in [0.1, 0.15) is 5.82 Å². The molecular formula is C13H18FNO4S. The SMILES string of the molecule is CCC(C)CN(C)S(=O)(=O)c1ccc(F)c(C(=O)O)c1. The Kier molecular flexibility index (Phi) is 5.24. The van der Waals surface area contributed by atoms with Gasteiger partial charge in [-0.2, -0.15) is 0 Å². The largest absolute Gasteiger partial charge is 0.478 e. The Morgan fingerprint density at radius 2 is 2.05 bits per heavy atom. The molecule has 1 unspecified atom stereocenters. The van der Waals surface area contributed by atoms with Gasteiger partial charge in [0.15, 0.2) is 0 Å². The van der Waals surface area contributed by atoms with Gasteiger partial charge in [-0.3, -0.25) is 0 Å². The number of benzene rings is 1. The van der Waals surface area contributed by atoms with Crippen LogP contribution < -0.4 is 0 Å². The van der Waals surface area contributed by atoms with Crippen LogP contribution in [0.25, 0.3) is 0 Å². The zero-order chi connectivity index (χ0) is 15.5. The Morgan fingerprint density at radius 3 is 2.55 bits per heavy atom. The van der Waals surface area contributed by atoms with E-state index in [1.165, 1.54) is 7.05 Å². The maximum atomic E-state index is 13.3. The first-order chi connectivity index (χ1) is 9.20. The fraction of sp³-hybridized carbons (Fsp3) is 0.462. The van der Waals surface area contributed by atoms with Crippen LogP contribution in [0.4, 0.5) is 4.39 Å². The topological polar surface area (TPSA) is 74.7 Å². The third-order valence-electron chi connectivity index (χ3n) is 3.14. The summed E-state index contributed by atoms with van der Waals surface area (Å²) in [5.74, 6) is -2.28. The average Bonchev–Trinajstić information content (AvgIpc) is 2.38. The lowest BCUT2D eigenvalue weighted by molar-refractivity contribution is 0.0691. The predicted molar refractivity (Wildman–Crippen MR) is 72.6 cm³/mol. The normalized spacial score (nSPS) is 13.4. The molecule has 0 fully saturated rings. The van der Waals surface area contributed by atoms with Gasteiger partial charge in [0, 0.05) is 13.6 Å². The van der Waals surface area contributed by atoms with E-state index >= 15 is 0 Å². The highest BCUT2D eigenvalue weighted by Gasteiger charge is 2.24. The predicted octanol–water partition coefficient (Wildman–Crippen LogP) is 2.19. The molecule has 112 valence electrons. The number of aromatic carboxylic acids is 1. The average molecular weight is 303 g/mol. The van der Waals surface area contributed by atoms with Crippen molar-refractivity contribution in [2.24, 2.45) is 5.92 Å².